The highest BCUT2D eigenvalue weighted by Gasteiger charge is 2.27. The second-order valence-corrected chi connectivity index (χ2v) is 6.78. The highest BCUT2D eigenvalue weighted by atomic mass is 16.5. The molecule has 0 saturated heterocycles. The average molecular weight is 451 g/mol. The molecule has 0 unspecified atom stereocenters. The van der Waals surface area contributed by atoms with Crippen LogP contribution in [0.25, 0.3) is 11.1 Å². The van der Waals surface area contributed by atoms with E-state index in [0.29, 0.717) is 22.9 Å². The van der Waals surface area contributed by atoms with Gasteiger partial charge < -0.3 is 28.6 Å². The second-order valence-electron chi connectivity index (χ2n) is 6.78. The van der Waals surface area contributed by atoms with Gasteiger partial charge in [-0.1, -0.05) is 18.2 Å². The van der Waals surface area contributed by atoms with Crippen molar-refractivity contribution in [3.05, 3.63) is 72.1 Å². The maximum Gasteiger partial charge on any atom is 0.355 e. The summed E-state index contributed by atoms with van der Waals surface area (Å²) < 4.78 is 26.2. The van der Waals surface area contributed by atoms with Gasteiger partial charge in [0.25, 0.3) is 0 Å². The zero-order chi connectivity index (χ0) is 24.0. The number of carbonyl (C=O) groups is 2. The fourth-order valence-corrected chi connectivity index (χ4v) is 3.45. The topological polar surface area (TPSA) is 83.5 Å². The number of benzene rings is 2. The SMILES string of the molecule is COC(=O)C1=C(C(=O)OC)N(c2cccc(-c3cc(OC)c(OC)c(OC)c3)c2)C=CC=C1. The molecule has 33 heavy (non-hydrogen) atoms. The van der Waals surface area contributed by atoms with Crippen LogP contribution in [0.4, 0.5) is 5.69 Å². The largest absolute Gasteiger partial charge is 0.493 e. The summed E-state index contributed by atoms with van der Waals surface area (Å²) >= 11 is 0. The smallest absolute Gasteiger partial charge is 0.355 e. The van der Waals surface area contributed by atoms with Gasteiger partial charge in [0, 0.05) is 11.9 Å². The van der Waals surface area contributed by atoms with Crippen molar-refractivity contribution in [2.45, 2.75) is 0 Å². The Hall–Kier alpha value is -4.20. The van der Waals surface area contributed by atoms with Crippen molar-refractivity contribution in [1.29, 1.82) is 0 Å². The molecule has 0 N–H and O–H groups in total. The lowest BCUT2D eigenvalue weighted by Gasteiger charge is -2.23. The summed E-state index contributed by atoms with van der Waals surface area (Å²) in [6.07, 6.45) is 6.55. The number of hydrogen-bond donors (Lipinski definition) is 0. The number of hydrogen-bond acceptors (Lipinski definition) is 8. The maximum atomic E-state index is 12.7. The van der Waals surface area contributed by atoms with Gasteiger partial charge in [0.1, 0.15) is 5.70 Å². The van der Waals surface area contributed by atoms with E-state index < -0.39 is 11.9 Å². The third-order valence-electron chi connectivity index (χ3n) is 5.01. The molecule has 2 aromatic rings. The molecule has 0 fully saturated rings. The van der Waals surface area contributed by atoms with Gasteiger partial charge in [0.05, 0.1) is 41.1 Å². The number of allylic oxidation sites excluding steroid dienone is 2. The Morgan fingerprint density at radius 1 is 0.758 bits per heavy atom. The van der Waals surface area contributed by atoms with E-state index >= 15 is 0 Å². The van der Waals surface area contributed by atoms with Crippen LogP contribution in [0.5, 0.6) is 17.2 Å². The van der Waals surface area contributed by atoms with E-state index in [4.69, 9.17) is 23.7 Å². The van der Waals surface area contributed by atoms with Gasteiger partial charge >= 0.3 is 11.9 Å². The molecule has 0 aromatic heterocycles. The lowest BCUT2D eigenvalue weighted by molar-refractivity contribution is -0.139. The quantitative estimate of drug-likeness (QED) is 0.587. The molecule has 1 aliphatic heterocycles. The van der Waals surface area contributed by atoms with Gasteiger partial charge in [0.2, 0.25) is 5.75 Å². The molecule has 8 heteroatoms. The van der Waals surface area contributed by atoms with Gasteiger partial charge in [-0.25, -0.2) is 9.59 Å². The second kappa shape index (κ2) is 10.4. The fourth-order valence-electron chi connectivity index (χ4n) is 3.45. The number of ether oxygens (including phenoxy) is 5. The zero-order valence-electron chi connectivity index (χ0n) is 19.1. The molecule has 172 valence electrons. The molecule has 0 saturated carbocycles. The van der Waals surface area contributed by atoms with E-state index in [1.54, 1.807) is 44.6 Å². The summed E-state index contributed by atoms with van der Waals surface area (Å²) in [6, 6.07) is 11.1. The fraction of sp³-hybridized carbons (Fsp3) is 0.200. The van der Waals surface area contributed by atoms with Crippen molar-refractivity contribution in [3.8, 4) is 28.4 Å². The minimum atomic E-state index is -0.676. The predicted molar refractivity (Wildman–Crippen MR) is 123 cm³/mol. The Morgan fingerprint density at radius 3 is 2.00 bits per heavy atom. The van der Waals surface area contributed by atoms with E-state index in [-0.39, 0.29) is 11.3 Å². The van der Waals surface area contributed by atoms with E-state index in [9.17, 15) is 9.59 Å². The van der Waals surface area contributed by atoms with Crippen molar-refractivity contribution in [2.24, 2.45) is 0 Å². The standard InChI is InChI=1S/C25H25NO7/c1-29-20-14-17(15-21(30-2)23(20)31-3)16-9-8-10-18(13-16)26-12-7-6-11-19(24(27)32-4)22(26)25(28)33-5/h6-15H,1-5H3. The van der Waals surface area contributed by atoms with Crippen LogP contribution in [-0.4, -0.2) is 47.5 Å². The Balaban J connectivity index is 2.16. The lowest BCUT2D eigenvalue weighted by atomic mass is 10.0. The third-order valence-corrected chi connectivity index (χ3v) is 5.01. The monoisotopic (exact) mass is 451 g/mol. The van der Waals surface area contributed by atoms with Crippen LogP contribution < -0.4 is 19.1 Å². The van der Waals surface area contributed by atoms with Gasteiger partial charge in [-0.3, -0.25) is 0 Å². The van der Waals surface area contributed by atoms with Crippen LogP contribution in [0.2, 0.25) is 0 Å². The molecule has 2 aromatic carbocycles. The van der Waals surface area contributed by atoms with Crippen molar-refractivity contribution in [2.75, 3.05) is 40.4 Å². The van der Waals surface area contributed by atoms with Gasteiger partial charge in [-0.05, 0) is 47.5 Å². The number of anilines is 1. The summed E-state index contributed by atoms with van der Waals surface area (Å²) in [6.45, 7) is 0. The Morgan fingerprint density at radius 2 is 1.42 bits per heavy atom. The van der Waals surface area contributed by atoms with Crippen molar-refractivity contribution >= 4 is 17.6 Å². The molecule has 0 bridgehead atoms. The van der Waals surface area contributed by atoms with Crippen LogP contribution in [0, 0.1) is 0 Å². The van der Waals surface area contributed by atoms with E-state index in [1.807, 2.05) is 36.4 Å². The summed E-state index contributed by atoms with van der Waals surface area (Å²) in [4.78, 5) is 26.6. The van der Waals surface area contributed by atoms with Crippen molar-refractivity contribution in [1.82, 2.24) is 0 Å². The first-order chi connectivity index (χ1) is 16.0. The first kappa shape index (κ1) is 23.5. The molecule has 3 rings (SSSR count). The molecule has 0 amide bonds. The normalized spacial score (nSPS) is 12.8. The number of carbonyl (C=O) groups excluding carboxylic acids is 2. The van der Waals surface area contributed by atoms with Gasteiger partial charge in [-0.2, -0.15) is 0 Å². The first-order valence-corrected chi connectivity index (χ1v) is 9.94. The van der Waals surface area contributed by atoms with Crippen LogP contribution in [0.3, 0.4) is 0 Å². The van der Waals surface area contributed by atoms with E-state index in [1.165, 1.54) is 20.3 Å². The van der Waals surface area contributed by atoms with Crippen molar-refractivity contribution in [3.63, 3.8) is 0 Å². The van der Waals surface area contributed by atoms with Crippen LogP contribution in [0.15, 0.2) is 72.1 Å². The molecule has 0 atom stereocenters. The highest BCUT2D eigenvalue weighted by Crippen LogP contribution is 2.42. The maximum absolute atomic E-state index is 12.7. The Bertz CT molecular complexity index is 1120. The predicted octanol–water partition coefficient (Wildman–Crippen LogP) is 3.87. The highest BCUT2D eigenvalue weighted by molar-refractivity contribution is 6.05. The molecule has 0 spiro atoms. The van der Waals surface area contributed by atoms with Gasteiger partial charge in [-0.15, -0.1) is 0 Å². The number of esters is 2. The minimum absolute atomic E-state index is 0.0383. The first-order valence-electron chi connectivity index (χ1n) is 9.94. The minimum Gasteiger partial charge on any atom is -0.493 e. The van der Waals surface area contributed by atoms with E-state index in [2.05, 4.69) is 0 Å². The van der Waals surface area contributed by atoms with E-state index in [0.717, 1.165) is 11.1 Å². The van der Waals surface area contributed by atoms with Crippen LogP contribution in [0.1, 0.15) is 0 Å². The molecular formula is C25H25NO7. The summed E-state index contributed by atoms with van der Waals surface area (Å²) in [5, 5.41) is 0. The molecule has 0 radical (unpaired) electrons. The Labute approximate surface area is 192 Å². The van der Waals surface area contributed by atoms with Crippen molar-refractivity contribution < 1.29 is 33.3 Å². The molecule has 1 aliphatic rings. The molecule has 8 nitrogen and oxygen atoms in total. The number of methoxy groups -OCH3 is 5. The number of nitrogens with zero attached hydrogens (tertiary/aromatic N) is 1. The van der Waals surface area contributed by atoms with Crippen LogP contribution >= 0.6 is 0 Å². The van der Waals surface area contributed by atoms with Crippen LogP contribution in [-0.2, 0) is 19.1 Å². The molecule has 1 heterocycles. The third kappa shape index (κ3) is 4.69. The Kier molecular flexibility index (Phi) is 7.40. The zero-order valence-corrected chi connectivity index (χ0v) is 19.1. The average Bonchev–Trinajstić information content (AvgIpc) is 3.10. The van der Waals surface area contributed by atoms with Gasteiger partial charge in [0.15, 0.2) is 11.5 Å². The number of rotatable bonds is 7. The summed E-state index contributed by atoms with van der Waals surface area (Å²) in [5.74, 6) is 0.185. The summed E-state index contributed by atoms with van der Waals surface area (Å²) in [7, 11) is 7.15. The summed E-state index contributed by atoms with van der Waals surface area (Å²) in [5.41, 5.74) is 2.37. The molecular weight excluding hydrogens is 426 g/mol. The molecule has 0 aliphatic carbocycles. The lowest BCUT2D eigenvalue weighted by Crippen LogP contribution is -2.26.